The molecule has 0 saturated heterocycles. The van der Waals surface area contributed by atoms with Crippen molar-refractivity contribution < 1.29 is 47.5 Å². The first-order valence-electron chi connectivity index (χ1n) is 10.5. The fourth-order valence-electron chi connectivity index (χ4n) is 1.95. The van der Waals surface area contributed by atoms with Crippen LogP contribution in [0.3, 0.4) is 0 Å². The molecule has 0 radical (unpaired) electrons. The topological polar surface area (TPSA) is 108 Å². The lowest BCUT2D eigenvalue weighted by atomic mass is 10.3. The monoisotopic (exact) mass is 438 g/mol. The molecule has 0 amide bonds. The van der Waals surface area contributed by atoms with Gasteiger partial charge in [-0.3, -0.25) is 9.59 Å². The Balaban J connectivity index is 3.31. The molecule has 10 nitrogen and oxygen atoms in total. The van der Waals surface area contributed by atoms with Gasteiger partial charge >= 0.3 is 11.9 Å². The molecule has 0 aromatic rings. The van der Waals surface area contributed by atoms with Gasteiger partial charge in [-0.25, -0.2) is 0 Å². The first-order valence-corrected chi connectivity index (χ1v) is 10.5. The Labute approximate surface area is 179 Å². The summed E-state index contributed by atoms with van der Waals surface area (Å²) in [6.45, 7) is 9.92. The van der Waals surface area contributed by atoms with E-state index in [-0.39, 0.29) is 39.3 Å². The minimum atomic E-state index is -0.469. The molecule has 0 rings (SSSR count). The zero-order chi connectivity index (χ0) is 22.1. The van der Waals surface area contributed by atoms with Crippen molar-refractivity contribution in [2.75, 3.05) is 92.5 Å². The molecule has 0 N–H and O–H groups in total. The zero-order valence-corrected chi connectivity index (χ0v) is 18.4. The second kappa shape index (κ2) is 24.0. The Bertz CT molecular complexity index is 356. The quantitative estimate of drug-likeness (QED) is 0.169. The van der Waals surface area contributed by atoms with Crippen molar-refractivity contribution in [3.63, 3.8) is 0 Å². The van der Waals surface area contributed by atoms with Gasteiger partial charge < -0.3 is 37.9 Å². The maximum atomic E-state index is 11.6. The van der Waals surface area contributed by atoms with E-state index in [1.807, 2.05) is 13.8 Å². The summed E-state index contributed by atoms with van der Waals surface area (Å²) in [7, 11) is 0. The van der Waals surface area contributed by atoms with Crippen molar-refractivity contribution in [2.24, 2.45) is 0 Å². The smallest absolute Gasteiger partial charge is 0.306 e. The van der Waals surface area contributed by atoms with Crippen molar-refractivity contribution in [2.45, 2.75) is 26.7 Å². The average Bonchev–Trinajstić information content (AvgIpc) is 2.75. The molecule has 178 valence electrons. The Morgan fingerprint density at radius 3 is 1.00 bits per heavy atom. The van der Waals surface area contributed by atoms with E-state index in [9.17, 15) is 9.59 Å². The Morgan fingerprint density at radius 1 is 0.433 bits per heavy atom. The number of hydrogen-bond donors (Lipinski definition) is 0. The molecule has 0 aliphatic rings. The third-order valence-electron chi connectivity index (χ3n) is 3.41. The van der Waals surface area contributed by atoms with Gasteiger partial charge in [-0.1, -0.05) is 0 Å². The first-order chi connectivity index (χ1) is 14.7. The maximum Gasteiger partial charge on any atom is 0.306 e. The summed E-state index contributed by atoms with van der Waals surface area (Å²) in [5.41, 5.74) is 0. The largest absolute Gasteiger partial charge is 0.463 e. The molecule has 0 aliphatic heterocycles. The number of hydrogen-bond acceptors (Lipinski definition) is 10. The normalized spacial score (nSPS) is 10.9. The number of rotatable bonds is 23. The van der Waals surface area contributed by atoms with E-state index in [2.05, 4.69) is 0 Å². The van der Waals surface area contributed by atoms with Crippen molar-refractivity contribution in [1.82, 2.24) is 0 Å². The molecule has 0 bridgehead atoms. The summed E-state index contributed by atoms with van der Waals surface area (Å²) >= 11 is 0. The SMILES string of the molecule is CCOCCOCCOCCOC(=O)CCC(=O)OCCOCCOCCOCC. The highest BCUT2D eigenvalue weighted by molar-refractivity contribution is 5.77. The number of carbonyl (C=O) groups excluding carboxylic acids is 2. The van der Waals surface area contributed by atoms with E-state index in [1.165, 1.54) is 0 Å². The maximum absolute atomic E-state index is 11.6. The lowest BCUT2D eigenvalue weighted by molar-refractivity contribution is -0.152. The molecule has 0 aromatic carbocycles. The van der Waals surface area contributed by atoms with E-state index in [1.54, 1.807) is 0 Å². The van der Waals surface area contributed by atoms with Gasteiger partial charge in [-0.05, 0) is 13.8 Å². The molecule has 0 fully saturated rings. The van der Waals surface area contributed by atoms with Gasteiger partial charge in [0.25, 0.3) is 0 Å². The van der Waals surface area contributed by atoms with E-state index < -0.39 is 11.9 Å². The Hall–Kier alpha value is -1.30. The Kier molecular flexibility index (Phi) is 22.9. The third-order valence-corrected chi connectivity index (χ3v) is 3.41. The van der Waals surface area contributed by atoms with Crippen molar-refractivity contribution in [1.29, 1.82) is 0 Å². The van der Waals surface area contributed by atoms with Crippen LogP contribution in [0.5, 0.6) is 0 Å². The highest BCUT2D eigenvalue weighted by Gasteiger charge is 2.09. The molecule has 0 saturated carbocycles. The molecular formula is C20H38O10. The van der Waals surface area contributed by atoms with Crippen LogP contribution in [0, 0.1) is 0 Å². The fourth-order valence-corrected chi connectivity index (χ4v) is 1.95. The van der Waals surface area contributed by atoms with E-state index >= 15 is 0 Å². The fraction of sp³-hybridized carbons (Fsp3) is 0.900. The molecule has 30 heavy (non-hydrogen) atoms. The molecule has 0 spiro atoms. The van der Waals surface area contributed by atoms with Crippen LogP contribution in [-0.4, -0.2) is 104 Å². The highest BCUT2D eigenvalue weighted by atomic mass is 16.6. The molecule has 10 heteroatoms. The van der Waals surface area contributed by atoms with Crippen LogP contribution in [0.2, 0.25) is 0 Å². The molecule has 0 unspecified atom stereocenters. The van der Waals surface area contributed by atoms with Gasteiger partial charge in [-0.15, -0.1) is 0 Å². The van der Waals surface area contributed by atoms with Crippen LogP contribution in [0.25, 0.3) is 0 Å². The molecule has 0 aromatic heterocycles. The lowest BCUT2D eigenvalue weighted by Gasteiger charge is -2.08. The summed E-state index contributed by atoms with van der Waals surface area (Å²) in [5, 5.41) is 0. The number of carbonyl (C=O) groups is 2. The van der Waals surface area contributed by atoms with Crippen LogP contribution < -0.4 is 0 Å². The van der Waals surface area contributed by atoms with Crippen LogP contribution >= 0.6 is 0 Å². The van der Waals surface area contributed by atoms with Gasteiger partial charge in [0.2, 0.25) is 0 Å². The second-order valence-corrected chi connectivity index (χ2v) is 5.78. The predicted molar refractivity (Wildman–Crippen MR) is 107 cm³/mol. The van der Waals surface area contributed by atoms with Gasteiger partial charge in [0, 0.05) is 13.2 Å². The molecule has 0 aliphatic carbocycles. The summed E-state index contributed by atoms with van der Waals surface area (Å²) in [6, 6.07) is 0. The lowest BCUT2D eigenvalue weighted by Crippen LogP contribution is -2.16. The van der Waals surface area contributed by atoms with Crippen LogP contribution in [0.15, 0.2) is 0 Å². The van der Waals surface area contributed by atoms with Crippen LogP contribution in [-0.2, 0) is 47.5 Å². The number of ether oxygens (including phenoxy) is 8. The highest BCUT2D eigenvalue weighted by Crippen LogP contribution is 1.96. The number of esters is 2. The summed E-state index contributed by atoms with van der Waals surface area (Å²) in [5.74, 6) is -0.937. The second-order valence-electron chi connectivity index (χ2n) is 5.78. The summed E-state index contributed by atoms with van der Waals surface area (Å²) in [4.78, 5) is 23.1. The van der Waals surface area contributed by atoms with Crippen molar-refractivity contribution >= 4 is 11.9 Å². The van der Waals surface area contributed by atoms with E-state index in [4.69, 9.17) is 37.9 Å². The molecule has 0 heterocycles. The minimum absolute atomic E-state index is 0.0338. The van der Waals surface area contributed by atoms with Gasteiger partial charge in [-0.2, -0.15) is 0 Å². The average molecular weight is 439 g/mol. The Morgan fingerprint density at radius 2 is 0.700 bits per heavy atom. The van der Waals surface area contributed by atoms with Gasteiger partial charge in [0.15, 0.2) is 0 Å². The predicted octanol–water partition coefficient (Wildman–Crippen LogP) is 0.992. The summed E-state index contributed by atoms with van der Waals surface area (Å²) in [6.07, 6.45) is -0.0677. The minimum Gasteiger partial charge on any atom is -0.463 e. The van der Waals surface area contributed by atoms with Crippen molar-refractivity contribution in [3.05, 3.63) is 0 Å². The van der Waals surface area contributed by atoms with E-state index in [0.29, 0.717) is 66.1 Å². The summed E-state index contributed by atoms with van der Waals surface area (Å²) < 4.78 is 41.3. The van der Waals surface area contributed by atoms with Crippen LogP contribution in [0.1, 0.15) is 26.7 Å². The van der Waals surface area contributed by atoms with Gasteiger partial charge in [0.1, 0.15) is 13.2 Å². The van der Waals surface area contributed by atoms with Gasteiger partial charge in [0.05, 0.1) is 78.9 Å². The van der Waals surface area contributed by atoms with Crippen LogP contribution in [0.4, 0.5) is 0 Å². The molecule has 0 atom stereocenters. The van der Waals surface area contributed by atoms with E-state index in [0.717, 1.165) is 0 Å². The van der Waals surface area contributed by atoms with Crippen molar-refractivity contribution in [3.8, 4) is 0 Å². The first kappa shape index (κ1) is 28.7. The standard InChI is InChI=1S/C20H38O10/c1-3-23-7-9-25-11-13-27-15-17-29-19(21)5-6-20(22)30-18-16-28-14-12-26-10-8-24-4-2/h3-18H2,1-2H3. The third kappa shape index (κ3) is 23.0. The zero-order valence-electron chi connectivity index (χ0n) is 18.4. The molecular weight excluding hydrogens is 400 g/mol.